The molecule has 0 heterocycles. The predicted octanol–water partition coefficient (Wildman–Crippen LogP) is 2.32. The molecule has 1 aromatic rings. The van der Waals surface area contributed by atoms with Gasteiger partial charge in [0.1, 0.15) is 12.6 Å². The van der Waals surface area contributed by atoms with Gasteiger partial charge in [-0.15, -0.1) is 0 Å². The number of carbonyl (C=O) groups is 2. The fourth-order valence-corrected chi connectivity index (χ4v) is 1.33. The standard InChI is InChI=1S/C12H12F3NO4/c13-12(14,15)9(6-10(17)18)16-11(19)20-7-8-4-2-1-3-5-8/h1-5,9H,6-7H2,(H,16,19)(H,17,18)/t9-/m0/s1. The zero-order chi connectivity index (χ0) is 15.2. The van der Waals surface area contributed by atoms with Crippen molar-refractivity contribution >= 4 is 12.1 Å². The van der Waals surface area contributed by atoms with Gasteiger partial charge in [0.15, 0.2) is 0 Å². The average molecular weight is 291 g/mol. The molecule has 20 heavy (non-hydrogen) atoms. The molecule has 0 saturated carbocycles. The van der Waals surface area contributed by atoms with Crippen molar-refractivity contribution in [1.82, 2.24) is 5.32 Å². The van der Waals surface area contributed by atoms with E-state index in [2.05, 4.69) is 4.74 Å². The molecular formula is C12H12F3NO4. The predicted molar refractivity (Wildman–Crippen MR) is 61.9 cm³/mol. The minimum atomic E-state index is -4.86. The third kappa shape index (κ3) is 5.59. The molecule has 8 heteroatoms. The second-order valence-electron chi connectivity index (χ2n) is 3.90. The molecule has 1 amide bonds. The number of alkyl halides is 3. The van der Waals surface area contributed by atoms with E-state index in [1.807, 2.05) is 0 Å². The number of ether oxygens (including phenoxy) is 1. The van der Waals surface area contributed by atoms with Crippen LogP contribution in [0.15, 0.2) is 30.3 Å². The van der Waals surface area contributed by atoms with E-state index in [9.17, 15) is 22.8 Å². The van der Waals surface area contributed by atoms with Crippen LogP contribution in [-0.2, 0) is 16.1 Å². The maximum absolute atomic E-state index is 12.5. The van der Waals surface area contributed by atoms with Crippen LogP contribution in [0.2, 0.25) is 0 Å². The van der Waals surface area contributed by atoms with Crippen LogP contribution in [0.25, 0.3) is 0 Å². The number of benzene rings is 1. The van der Waals surface area contributed by atoms with Gasteiger partial charge in [-0.3, -0.25) is 4.79 Å². The second-order valence-corrected chi connectivity index (χ2v) is 3.90. The Balaban J connectivity index is 2.52. The molecule has 0 bridgehead atoms. The number of hydrogen-bond acceptors (Lipinski definition) is 3. The van der Waals surface area contributed by atoms with E-state index in [0.717, 1.165) is 0 Å². The molecule has 0 fully saturated rings. The summed E-state index contributed by atoms with van der Waals surface area (Å²) in [6.45, 7) is -0.204. The van der Waals surface area contributed by atoms with Gasteiger partial charge < -0.3 is 15.2 Å². The van der Waals surface area contributed by atoms with Crippen LogP contribution in [0, 0.1) is 0 Å². The highest BCUT2D eigenvalue weighted by Gasteiger charge is 2.42. The van der Waals surface area contributed by atoms with E-state index in [1.54, 1.807) is 30.3 Å². The fraction of sp³-hybridized carbons (Fsp3) is 0.333. The summed E-state index contributed by atoms with van der Waals surface area (Å²) in [7, 11) is 0. The van der Waals surface area contributed by atoms with Crippen molar-refractivity contribution in [3.8, 4) is 0 Å². The van der Waals surface area contributed by atoms with E-state index in [0.29, 0.717) is 5.56 Å². The van der Waals surface area contributed by atoms with Crippen molar-refractivity contribution in [3.05, 3.63) is 35.9 Å². The van der Waals surface area contributed by atoms with E-state index in [4.69, 9.17) is 5.11 Å². The second kappa shape index (κ2) is 6.78. The number of aliphatic carboxylic acids is 1. The molecule has 2 N–H and O–H groups in total. The number of rotatable bonds is 5. The van der Waals surface area contributed by atoms with Crippen molar-refractivity contribution in [2.24, 2.45) is 0 Å². The van der Waals surface area contributed by atoms with Gasteiger partial charge in [-0.05, 0) is 5.56 Å². The maximum Gasteiger partial charge on any atom is 0.409 e. The Morgan fingerprint density at radius 2 is 1.85 bits per heavy atom. The number of carboxylic acid groups (broad SMARTS) is 1. The Hall–Kier alpha value is -2.25. The molecule has 1 aromatic carbocycles. The van der Waals surface area contributed by atoms with Gasteiger partial charge >= 0.3 is 18.2 Å². The molecule has 110 valence electrons. The Morgan fingerprint density at radius 3 is 2.35 bits per heavy atom. The summed E-state index contributed by atoms with van der Waals surface area (Å²) in [5.74, 6) is -1.67. The van der Waals surface area contributed by atoms with Gasteiger partial charge in [-0.1, -0.05) is 30.3 Å². The first-order chi connectivity index (χ1) is 9.29. The zero-order valence-electron chi connectivity index (χ0n) is 10.2. The number of halogens is 3. The van der Waals surface area contributed by atoms with Crippen molar-refractivity contribution in [2.75, 3.05) is 0 Å². The molecule has 0 spiro atoms. The van der Waals surface area contributed by atoms with Crippen molar-refractivity contribution < 1.29 is 32.6 Å². The largest absolute Gasteiger partial charge is 0.481 e. The normalized spacial score (nSPS) is 12.6. The number of alkyl carbamates (subject to hydrolysis) is 1. The Morgan fingerprint density at radius 1 is 1.25 bits per heavy atom. The SMILES string of the molecule is O=C(O)C[C@H](NC(=O)OCc1ccccc1)C(F)(F)F. The van der Waals surface area contributed by atoms with Gasteiger partial charge in [0, 0.05) is 0 Å². The van der Waals surface area contributed by atoms with E-state index < -0.39 is 30.7 Å². The highest BCUT2D eigenvalue weighted by Crippen LogP contribution is 2.22. The fourth-order valence-electron chi connectivity index (χ4n) is 1.33. The summed E-state index contributed by atoms with van der Waals surface area (Å²) in [6, 6.07) is 5.87. The molecule has 0 aliphatic rings. The Labute approximate surface area is 112 Å². The maximum atomic E-state index is 12.5. The first-order valence-electron chi connectivity index (χ1n) is 5.54. The van der Waals surface area contributed by atoms with Crippen LogP contribution < -0.4 is 5.32 Å². The molecule has 0 aliphatic heterocycles. The number of carbonyl (C=O) groups excluding carboxylic acids is 1. The lowest BCUT2D eigenvalue weighted by molar-refractivity contribution is -0.165. The van der Waals surface area contributed by atoms with E-state index >= 15 is 0 Å². The third-order valence-electron chi connectivity index (χ3n) is 2.28. The summed E-state index contributed by atoms with van der Waals surface area (Å²) >= 11 is 0. The van der Waals surface area contributed by atoms with Crippen LogP contribution in [0.3, 0.4) is 0 Å². The smallest absolute Gasteiger partial charge is 0.409 e. The molecule has 5 nitrogen and oxygen atoms in total. The minimum absolute atomic E-state index is 0.204. The Kier molecular flexibility index (Phi) is 5.36. The summed E-state index contributed by atoms with van der Waals surface area (Å²) in [6.07, 6.45) is -7.44. The van der Waals surface area contributed by atoms with Crippen LogP contribution in [0.5, 0.6) is 0 Å². The zero-order valence-corrected chi connectivity index (χ0v) is 10.2. The molecule has 0 saturated heterocycles. The van der Waals surface area contributed by atoms with Gasteiger partial charge in [-0.25, -0.2) is 4.79 Å². The molecule has 0 unspecified atom stereocenters. The summed E-state index contributed by atoms with van der Waals surface area (Å²) in [4.78, 5) is 21.6. The van der Waals surface area contributed by atoms with Crippen molar-refractivity contribution in [3.63, 3.8) is 0 Å². The summed E-state index contributed by atoms with van der Waals surface area (Å²) < 4.78 is 42.0. The molecule has 1 atom stereocenters. The topological polar surface area (TPSA) is 75.6 Å². The molecule has 1 rings (SSSR count). The van der Waals surface area contributed by atoms with E-state index in [-0.39, 0.29) is 6.61 Å². The van der Waals surface area contributed by atoms with Gasteiger partial charge in [0.05, 0.1) is 6.42 Å². The van der Waals surface area contributed by atoms with Crippen LogP contribution in [0.1, 0.15) is 12.0 Å². The number of hydrogen-bond donors (Lipinski definition) is 2. The van der Waals surface area contributed by atoms with Crippen LogP contribution in [0.4, 0.5) is 18.0 Å². The van der Waals surface area contributed by atoms with Gasteiger partial charge in [0.2, 0.25) is 0 Å². The Bertz CT molecular complexity index is 462. The molecule has 0 aliphatic carbocycles. The van der Waals surface area contributed by atoms with Crippen molar-refractivity contribution in [1.29, 1.82) is 0 Å². The van der Waals surface area contributed by atoms with E-state index in [1.165, 1.54) is 5.32 Å². The van der Waals surface area contributed by atoms with Gasteiger partial charge in [-0.2, -0.15) is 13.2 Å². The highest BCUT2D eigenvalue weighted by molar-refractivity contribution is 5.71. The monoisotopic (exact) mass is 291 g/mol. The first kappa shape index (κ1) is 15.8. The first-order valence-corrected chi connectivity index (χ1v) is 5.54. The lowest BCUT2D eigenvalue weighted by atomic mass is 10.2. The van der Waals surface area contributed by atoms with Crippen LogP contribution in [-0.4, -0.2) is 29.4 Å². The molecule has 0 radical (unpaired) electrons. The summed E-state index contributed by atoms with van der Waals surface area (Å²) in [5, 5.41) is 9.87. The number of carboxylic acids is 1. The average Bonchev–Trinajstić information content (AvgIpc) is 2.35. The van der Waals surface area contributed by atoms with Crippen LogP contribution >= 0.6 is 0 Å². The molecule has 0 aromatic heterocycles. The van der Waals surface area contributed by atoms with Gasteiger partial charge in [0.25, 0.3) is 0 Å². The molecular weight excluding hydrogens is 279 g/mol. The third-order valence-corrected chi connectivity index (χ3v) is 2.28. The van der Waals surface area contributed by atoms with Crippen molar-refractivity contribution in [2.45, 2.75) is 25.2 Å². The number of nitrogens with one attached hydrogen (secondary N) is 1. The highest BCUT2D eigenvalue weighted by atomic mass is 19.4. The lowest BCUT2D eigenvalue weighted by Crippen LogP contribution is -2.46. The summed E-state index contributed by atoms with van der Waals surface area (Å²) in [5.41, 5.74) is 0.601. The number of amides is 1. The lowest BCUT2D eigenvalue weighted by Gasteiger charge is -2.19. The minimum Gasteiger partial charge on any atom is -0.481 e. The quantitative estimate of drug-likeness (QED) is 0.873.